The zero-order valence-electron chi connectivity index (χ0n) is 23.8. The Kier molecular flexibility index (Phi) is 9.21. The molecule has 0 bridgehead atoms. The third-order valence-corrected chi connectivity index (χ3v) is 11.0. The van der Waals surface area contributed by atoms with Crippen LogP contribution in [0, 0.1) is 0 Å². The number of nitrogen functional groups attached to an aromatic ring is 1. The highest BCUT2D eigenvalue weighted by Crippen LogP contribution is 2.42. The van der Waals surface area contributed by atoms with Gasteiger partial charge in [-0.2, -0.15) is 4.73 Å². The fraction of sp³-hybridized carbons (Fsp3) is 0.179. The van der Waals surface area contributed by atoms with E-state index >= 15 is 0 Å². The average molecular weight is 714 g/mol. The van der Waals surface area contributed by atoms with Gasteiger partial charge in [-0.1, -0.05) is 47.2 Å². The molecule has 2 aliphatic rings. The van der Waals surface area contributed by atoms with Gasteiger partial charge in [-0.05, 0) is 5.57 Å². The number of oxime groups is 1. The second-order valence-electron chi connectivity index (χ2n) is 9.91. The van der Waals surface area contributed by atoms with E-state index in [0.29, 0.717) is 21.8 Å². The van der Waals surface area contributed by atoms with Crippen LogP contribution in [0.4, 0.5) is 5.13 Å². The molecule has 242 valence electrons. The summed E-state index contributed by atoms with van der Waals surface area (Å²) in [7, 11) is 0. The Morgan fingerprint density at radius 2 is 1.96 bits per heavy atom. The number of benzene rings is 1. The summed E-state index contributed by atoms with van der Waals surface area (Å²) in [5, 5.41) is 38.7. The summed E-state index contributed by atoms with van der Waals surface area (Å²) < 4.78 is 1.23. The van der Waals surface area contributed by atoms with E-state index in [2.05, 4.69) is 20.4 Å². The molecule has 47 heavy (non-hydrogen) atoms. The maximum atomic E-state index is 13.4. The summed E-state index contributed by atoms with van der Waals surface area (Å²) in [5.41, 5.74) is 6.82. The van der Waals surface area contributed by atoms with Gasteiger partial charge >= 0.3 is 5.97 Å². The Bertz CT molecular complexity index is 1990. The predicted molar refractivity (Wildman–Crippen MR) is 175 cm³/mol. The van der Waals surface area contributed by atoms with E-state index in [1.807, 2.05) is 35.7 Å². The maximum Gasteiger partial charge on any atom is 0.352 e. The minimum absolute atomic E-state index is 0.0417. The van der Waals surface area contributed by atoms with E-state index in [1.165, 1.54) is 45.1 Å². The van der Waals surface area contributed by atoms with Gasteiger partial charge in [-0.25, -0.2) is 14.8 Å². The number of carboxylic acid groups (broad SMARTS) is 1. The number of anilines is 1. The summed E-state index contributed by atoms with van der Waals surface area (Å²) in [6.45, 7) is -0.473. The van der Waals surface area contributed by atoms with Crippen molar-refractivity contribution in [1.29, 1.82) is 0 Å². The van der Waals surface area contributed by atoms with Gasteiger partial charge in [0.1, 0.15) is 28.5 Å². The highest BCUT2D eigenvalue weighted by Gasteiger charge is 2.54. The molecule has 6 N–H and O–H groups in total. The van der Waals surface area contributed by atoms with Crippen LogP contribution in [0.3, 0.4) is 0 Å². The molecule has 1 aromatic carbocycles. The van der Waals surface area contributed by atoms with Crippen LogP contribution in [0.15, 0.2) is 78.9 Å². The Morgan fingerprint density at radius 1 is 1.17 bits per heavy atom. The highest BCUT2D eigenvalue weighted by atomic mass is 32.2. The Hall–Kier alpha value is -4.85. The van der Waals surface area contributed by atoms with Crippen LogP contribution >= 0.6 is 46.2 Å². The Morgan fingerprint density at radius 3 is 2.68 bits per heavy atom. The van der Waals surface area contributed by atoms with Crippen molar-refractivity contribution in [3.8, 4) is 17.0 Å². The molecule has 2 atom stereocenters. The fourth-order valence-electron chi connectivity index (χ4n) is 4.64. The lowest BCUT2D eigenvalue weighted by molar-refractivity contribution is -0.150. The standard InChI is InChI=1S/C28H23N7O8S4/c29-27-30-17(12-45-27)20(33-43-8-15-6-18(36)19(37)7-34(15)42)23(38)32-21-24(39)35-22(26(40)41)14(9-44-25(21)35)10-46-28-31-16(11-47-28)13-4-2-1-3-5-13/h1-7,11-12,21,25,37,42H,8-10H2,(H2,29,30)(H,32,38)(H,40,41)/t21-,25-/m1/s1. The van der Waals surface area contributed by atoms with Crippen LogP contribution in [0.2, 0.25) is 0 Å². The number of hydrogen-bond donors (Lipinski definition) is 5. The van der Waals surface area contributed by atoms with Crippen LogP contribution in [0.1, 0.15) is 11.4 Å². The molecular formula is C28H23N7O8S4. The number of carbonyl (C=O) groups is 3. The Balaban J connectivity index is 1.15. The quantitative estimate of drug-likeness (QED) is 0.0496. The van der Waals surface area contributed by atoms with Gasteiger partial charge in [-0.15, -0.1) is 34.4 Å². The van der Waals surface area contributed by atoms with Crippen molar-refractivity contribution in [3.63, 3.8) is 0 Å². The number of aromatic nitrogens is 3. The Labute approximate surface area is 281 Å². The summed E-state index contributed by atoms with van der Waals surface area (Å²) in [6.07, 6.45) is 0.778. The lowest BCUT2D eigenvalue weighted by Crippen LogP contribution is -2.71. The van der Waals surface area contributed by atoms with Crippen LogP contribution < -0.4 is 16.5 Å². The molecule has 2 aliphatic heterocycles. The molecule has 3 aromatic heterocycles. The number of amides is 2. The summed E-state index contributed by atoms with van der Waals surface area (Å²) in [5.74, 6) is -2.76. The van der Waals surface area contributed by atoms with Crippen LogP contribution in [-0.4, -0.2) is 81.4 Å². The third kappa shape index (κ3) is 6.68. The second-order valence-corrected chi connectivity index (χ2v) is 14.0. The van der Waals surface area contributed by atoms with Crippen LogP contribution in [0.5, 0.6) is 5.75 Å². The molecular weight excluding hydrogens is 691 g/mol. The van der Waals surface area contributed by atoms with Gasteiger partial charge in [0.05, 0.1) is 11.9 Å². The number of thioether (sulfide) groups is 2. The van der Waals surface area contributed by atoms with E-state index in [1.54, 1.807) is 0 Å². The van der Waals surface area contributed by atoms with Crippen molar-refractivity contribution < 1.29 is 34.6 Å². The molecule has 1 saturated heterocycles. The van der Waals surface area contributed by atoms with E-state index in [0.717, 1.165) is 39.2 Å². The monoisotopic (exact) mass is 713 g/mol. The molecule has 0 unspecified atom stereocenters. The zero-order valence-corrected chi connectivity index (χ0v) is 27.1. The van der Waals surface area contributed by atoms with Gasteiger partial charge in [-0.3, -0.25) is 19.3 Å². The number of nitrogens with one attached hydrogen (secondary N) is 1. The summed E-state index contributed by atoms with van der Waals surface area (Å²) in [4.78, 5) is 65.8. The number of aromatic hydroxyl groups is 1. The van der Waals surface area contributed by atoms with Crippen LogP contribution in [0.25, 0.3) is 11.3 Å². The summed E-state index contributed by atoms with van der Waals surface area (Å²) in [6, 6.07) is 9.54. The smallest absolute Gasteiger partial charge is 0.352 e. The number of nitrogens with two attached hydrogens (primary N) is 1. The number of fused-ring (bicyclic) bond motifs is 1. The molecule has 1 fully saturated rings. The number of β-lactam (4-membered cyclic amide) rings is 1. The van der Waals surface area contributed by atoms with Crippen molar-refractivity contribution in [3.05, 3.63) is 86.2 Å². The summed E-state index contributed by atoms with van der Waals surface area (Å²) >= 11 is 5.19. The predicted octanol–water partition coefficient (Wildman–Crippen LogP) is 2.41. The first-order valence-electron chi connectivity index (χ1n) is 13.5. The van der Waals surface area contributed by atoms with Gasteiger partial charge in [0.2, 0.25) is 5.43 Å². The van der Waals surface area contributed by atoms with E-state index in [9.17, 15) is 34.6 Å². The average Bonchev–Trinajstić information content (AvgIpc) is 3.72. The largest absolute Gasteiger partial charge is 0.503 e. The van der Waals surface area contributed by atoms with Crippen molar-refractivity contribution in [2.75, 3.05) is 17.2 Å². The third-order valence-electron chi connectivity index (χ3n) is 6.90. The zero-order chi connectivity index (χ0) is 33.2. The van der Waals surface area contributed by atoms with Gasteiger partial charge < -0.3 is 31.3 Å². The molecule has 2 amide bonds. The van der Waals surface area contributed by atoms with Gasteiger partial charge in [0.25, 0.3) is 11.8 Å². The second kappa shape index (κ2) is 13.5. The number of rotatable bonds is 11. The maximum absolute atomic E-state index is 13.4. The fourth-order valence-corrected chi connectivity index (χ4v) is 8.51. The number of thiazole rings is 2. The molecule has 5 heterocycles. The number of hydrogen-bond acceptors (Lipinski definition) is 15. The molecule has 19 heteroatoms. The van der Waals surface area contributed by atoms with Crippen molar-refractivity contribution in [1.82, 2.24) is 24.9 Å². The number of nitrogens with zero attached hydrogens (tertiary/aromatic N) is 5. The van der Waals surface area contributed by atoms with E-state index in [4.69, 9.17) is 10.6 Å². The molecule has 0 spiro atoms. The molecule has 0 radical (unpaired) electrons. The first-order chi connectivity index (χ1) is 22.6. The van der Waals surface area contributed by atoms with E-state index in [-0.39, 0.29) is 27.9 Å². The number of aliphatic carboxylic acids is 1. The first kappa shape index (κ1) is 32.1. The normalized spacial score (nSPS) is 17.7. The lowest BCUT2D eigenvalue weighted by Gasteiger charge is -2.49. The SMILES string of the molecule is Nc1nc(C(=NOCc2cc(=O)c(O)cn2O)C(=O)N[C@@H]2C(=O)N3C(C(=O)O)=C(CSc4nc(-c5ccccc5)cs4)CS[C@H]23)cs1. The van der Waals surface area contributed by atoms with E-state index < -0.39 is 47.0 Å². The van der Waals surface area contributed by atoms with Crippen molar-refractivity contribution in [2.45, 2.75) is 22.4 Å². The van der Waals surface area contributed by atoms with Crippen molar-refractivity contribution in [2.24, 2.45) is 5.16 Å². The number of carboxylic acids is 1. The highest BCUT2D eigenvalue weighted by molar-refractivity contribution is 8.01. The van der Waals surface area contributed by atoms with Crippen molar-refractivity contribution >= 4 is 74.8 Å². The number of carbonyl (C=O) groups excluding carboxylic acids is 2. The molecule has 6 rings (SSSR count). The molecule has 0 saturated carbocycles. The van der Waals surface area contributed by atoms with Crippen LogP contribution in [-0.2, 0) is 25.8 Å². The molecule has 15 nitrogen and oxygen atoms in total. The lowest BCUT2D eigenvalue weighted by atomic mass is 10.0. The number of pyridine rings is 1. The first-order valence-corrected chi connectivity index (χ1v) is 17.3. The van der Waals surface area contributed by atoms with Gasteiger partial charge in [0, 0.05) is 33.9 Å². The molecule has 0 aliphatic carbocycles. The topological polar surface area (TPSA) is 223 Å². The van der Waals surface area contributed by atoms with Gasteiger partial charge in [0.15, 0.2) is 27.5 Å². The minimum atomic E-state index is -1.25. The minimum Gasteiger partial charge on any atom is -0.503 e. The molecule has 4 aromatic rings.